The molecule has 2 saturated heterocycles. The van der Waals surface area contributed by atoms with Gasteiger partial charge in [-0.1, -0.05) is 24.3 Å². The first kappa shape index (κ1) is 19.8. The number of nitrogens with zero attached hydrogens (tertiary/aromatic N) is 4. The molecule has 1 aromatic rings. The molecule has 0 aliphatic carbocycles. The first-order valence-corrected chi connectivity index (χ1v) is 10.6. The number of hydrogen-bond donors (Lipinski definition) is 1. The number of ether oxygens (including phenoxy) is 1. The van der Waals surface area contributed by atoms with Crippen molar-refractivity contribution in [1.82, 2.24) is 15.1 Å². The molecule has 1 aromatic carbocycles. The molecule has 0 bridgehead atoms. The molecule has 1 amide bonds. The number of guanidine groups is 1. The highest BCUT2D eigenvalue weighted by molar-refractivity contribution is 5.82. The largest absolute Gasteiger partial charge is 0.368 e. The average Bonchev–Trinajstić information content (AvgIpc) is 3.49. The highest BCUT2D eigenvalue weighted by atomic mass is 16.5. The van der Waals surface area contributed by atoms with Gasteiger partial charge in [-0.3, -0.25) is 9.79 Å². The summed E-state index contributed by atoms with van der Waals surface area (Å²) in [5, 5.41) is 3.47. The molecule has 7 nitrogen and oxygen atoms in total. The smallest absolute Gasteiger partial charge is 0.251 e. The lowest BCUT2D eigenvalue weighted by molar-refractivity contribution is -0.142. The number of carbonyl (C=O) groups excluding carboxylic acids is 1. The van der Waals surface area contributed by atoms with E-state index in [4.69, 9.17) is 4.74 Å². The number of carbonyl (C=O) groups is 1. The Labute approximate surface area is 173 Å². The van der Waals surface area contributed by atoms with Gasteiger partial charge in [-0.2, -0.15) is 0 Å². The van der Waals surface area contributed by atoms with E-state index in [-0.39, 0.29) is 12.0 Å². The second kappa shape index (κ2) is 9.31. The van der Waals surface area contributed by atoms with Gasteiger partial charge in [0.1, 0.15) is 6.10 Å². The van der Waals surface area contributed by atoms with Crippen molar-refractivity contribution >= 4 is 17.6 Å². The Morgan fingerprint density at radius 1 is 1.10 bits per heavy atom. The molecule has 1 unspecified atom stereocenters. The van der Waals surface area contributed by atoms with Gasteiger partial charge in [0.25, 0.3) is 5.91 Å². The SMILES string of the molecule is CN=C(NCc1ccc(N2CC=CC2)cc1)N1CCN(C(=O)C2CCCO2)CC1. The van der Waals surface area contributed by atoms with Crippen molar-refractivity contribution in [3.63, 3.8) is 0 Å². The number of rotatable bonds is 4. The van der Waals surface area contributed by atoms with Gasteiger partial charge in [0.2, 0.25) is 0 Å². The summed E-state index contributed by atoms with van der Waals surface area (Å²) in [6.07, 6.45) is 6.03. The van der Waals surface area contributed by atoms with Crippen LogP contribution in [0, 0.1) is 0 Å². The van der Waals surface area contributed by atoms with Crippen molar-refractivity contribution in [3.05, 3.63) is 42.0 Å². The number of anilines is 1. The average molecular weight is 398 g/mol. The van der Waals surface area contributed by atoms with Gasteiger partial charge in [0, 0.05) is 65.2 Å². The van der Waals surface area contributed by atoms with Crippen molar-refractivity contribution in [2.24, 2.45) is 4.99 Å². The van der Waals surface area contributed by atoms with Crippen LogP contribution in [0.3, 0.4) is 0 Å². The van der Waals surface area contributed by atoms with Crippen LogP contribution < -0.4 is 10.2 Å². The Kier molecular flexibility index (Phi) is 6.34. The zero-order chi connectivity index (χ0) is 20.1. The molecule has 1 atom stereocenters. The van der Waals surface area contributed by atoms with Crippen LogP contribution in [0.25, 0.3) is 0 Å². The topological polar surface area (TPSA) is 60.4 Å². The molecule has 0 radical (unpaired) electrons. The molecule has 156 valence electrons. The molecule has 3 aliphatic heterocycles. The Morgan fingerprint density at radius 3 is 2.41 bits per heavy atom. The van der Waals surface area contributed by atoms with Crippen molar-refractivity contribution in [3.8, 4) is 0 Å². The van der Waals surface area contributed by atoms with Crippen LogP contribution in [0.2, 0.25) is 0 Å². The van der Waals surface area contributed by atoms with Gasteiger partial charge >= 0.3 is 0 Å². The second-order valence-electron chi connectivity index (χ2n) is 7.76. The Bertz CT molecular complexity index is 739. The standard InChI is InChI=1S/C22H31N5O2/c1-23-22(24-17-18-6-8-19(9-7-18)25-10-2-3-11-25)27-14-12-26(13-15-27)21(28)20-5-4-16-29-20/h2-3,6-9,20H,4-5,10-17H2,1H3,(H,23,24). The minimum atomic E-state index is -0.224. The first-order chi connectivity index (χ1) is 14.2. The van der Waals surface area contributed by atoms with E-state index in [2.05, 4.69) is 56.5 Å². The highest BCUT2D eigenvalue weighted by Crippen LogP contribution is 2.18. The minimum absolute atomic E-state index is 0.151. The summed E-state index contributed by atoms with van der Waals surface area (Å²) >= 11 is 0. The number of piperazine rings is 1. The van der Waals surface area contributed by atoms with E-state index in [9.17, 15) is 4.79 Å². The van der Waals surface area contributed by atoms with E-state index >= 15 is 0 Å². The van der Waals surface area contributed by atoms with E-state index in [1.807, 2.05) is 11.9 Å². The molecular formula is C22H31N5O2. The van der Waals surface area contributed by atoms with Crippen molar-refractivity contribution in [2.75, 3.05) is 57.8 Å². The minimum Gasteiger partial charge on any atom is -0.368 e. The fourth-order valence-electron chi connectivity index (χ4n) is 4.14. The normalized spacial score (nSPS) is 22.4. The van der Waals surface area contributed by atoms with Crippen LogP contribution in [0.4, 0.5) is 5.69 Å². The van der Waals surface area contributed by atoms with Crippen LogP contribution in [-0.2, 0) is 16.1 Å². The summed E-state index contributed by atoms with van der Waals surface area (Å²) < 4.78 is 5.54. The molecule has 3 heterocycles. The first-order valence-electron chi connectivity index (χ1n) is 10.6. The molecule has 1 N–H and O–H groups in total. The molecule has 29 heavy (non-hydrogen) atoms. The fraction of sp³-hybridized carbons (Fsp3) is 0.545. The van der Waals surface area contributed by atoms with Crippen LogP contribution in [-0.4, -0.2) is 80.7 Å². The van der Waals surface area contributed by atoms with E-state index < -0.39 is 0 Å². The number of hydrogen-bond acceptors (Lipinski definition) is 4. The zero-order valence-electron chi connectivity index (χ0n) is 17.2. The number of nitrogens with one attached hydrogen (secondary N) is 1. The van der Waals surface area contributed by atoms with Crippen molar-refractivity contribution < 1.29 is 9.53 Å². The molecule has 4 rings (SSSR count). The van der Waals surface area contributed by atoms with E-state index in [0.717, 1.165) is 64.6 Å². The molecule has 0 aromatic heterocycles. The number of benzene rings is 1. The van der Waals surface area contributed by atoms with Crippen LogP contribution >= 0.6 is 0 Å². The summed E-state index contributed by atoms with van der Waals surface area (Å²) in [7, 11) is 1.82. The summed E-state index contributed by atoms with van der Waals surface area (Å²) in [6.45, 7) is 6.45. The van der Waals surface area contributed by atoms with E-state index in [1.165, 1.54) is 11.3 Å². The lowest BCUT2D eigenvalue weighted by Crippen LogP contribution is -2.55. The second-order valence-corrected chi connectivity index (χ2v) is 7.76. The molecule has 7 heteroatoms. The Balaban J connectivity index is 1.25. The van der Waals surface area contributed by atoms with Crippen LogP contribution in [0.5, 0.6) is 0 Å². The lowest BCUT2D eigenvalue weighted by Gasteiger charge is -2.37. The summed E-state index contributed by atoms with van der Waals surface area (Å²) in [5.74, 6) is 1.04. The molecular weight excluding hydrogens is 366 g/mol. The number of aliphatic imine (C=N–C) groups is 1. The van der Waals surface area contributed by atoms with Gasteiger partial charge in [0.05, 0.1) is 0 Å². The van der Waals surface area contributed by atoms with Gasteiger partial charge in [-0.05, 0) is 30.5 Å². The van der Waals surface area contributed by atoms with Crippen molar-refractivity contribution in [2.45, 2.75) is 25.5 Å². The molecule has 2 fully saturated rings. The predicted molar refractivity (Wildman–Crippen MR) is 115 cm³/mol. The maximum Gasteiger partial charge on any atom is 0.251 e. The van der Waals surface area contributed by atoms with Gasteiger partial charge in [-0.15, -0.1) is 0 Å². The number of amides is 1. The summed E-state index contributed by atoms with van der Waals surface area (Å²) in [4.78, 5) is 23.5. The Hall–Kier alpha value is -2.54. The van der Waals surface area contributed by atoms with E-state index in [1.54, 1.807) is 0 Å². The molecule has 0 saturated carbocycles. The van der Waals surface area contributed by atoms with Gasteiger partial charge in [-0.25, -0.2) is 0 Å². The summed E-state index contributed by atoms with van der Waals surface area (Å²) in [6, 6.07) is 8.71. The fourth-order valence-corrected chi connectivity index (χ4v) is 4.14. The quantitative estimate of drug-likeness (QED) is 0.474. The maximum atomic E-state index is 12.5. The summed E-state index contributed by atoms with van der Waals surface area (Å²) in [5.41, 5.74) is 2.49. The third-order valence-corrected chi connectivity index (χ3v) is 5.88. The molecule has 3 aliphatic rings. The predicted octanol–water partition coefficient (Wildman–Crippen LogP) is 1.46. The lowest BCUT2D eigenvalue weighted by atomic mass is 10.2. The molecule has 0 spiro atoms. The van der Waals surface area contributed by atoms with Crippen LogP contribution in [0.15, 0.2) is 41.4 Å². The Morgan fingerprint density at radius 2 is 1.79 bits per heavy atom. The highest BCUT2D eigenvalue weighted by Gasteiger charge is 2.30. The third kappa shape index (κ3) is 4.72. The van der Waals surface area contributed by atoms with Crippen molar-refractivity contribution in [1.29, 1.82) is 0 Å². The monoisotopic (exact) mass is 397 g/mol. The zero-order valence-corrected chi connectivity index (χ0v) is 17.2. The maximum absolute atomic E-state index is 12.5. The van der Waals surface area contributed by atoms with Crippen LogP contribution in [0.1, 0.15) is 18.4 Å². The van der Waals surface area contributed by atoms with Gasteiger partial charge in [0.15, 0.2) is 5.96 Å². The third-order valence-electron chi connectivity index (χ3n) is 5.88. The van der Waals surface area contributed by atoms with E-state index in [0.29, 0.717) is 6.61 Å². The van der Waals surface area contributed by atoms with Gasteiger partial charge < -0.3 is 24.8 Å².